The van der Waals surface area contributed by atoms with Crippen LogP contribution in [0.25, 0.3) is 0 Å². The minimum absolute atomic E-state index is 0.640. The van der Waals surface area contributed by atoms with Crippen molar-refractivity contribution in [2.24, 2.45) is 0 Å². The number of nitrogens with one attached hydrogen (secondary N) is 1. The second kappa shape index (κ2) is 6.09. The first kappa shape index (κ1) is 13.2. The molecule has 4 nitrogen and oxygen atoms in total. The molecular weight excluding hydrogens is 250 g/mol. The second-order valence-electron chi connectivity index (χ2n) is 5.39. The molecule has 1 saturated carbocycles. The van der Waals surface area contributed by atoms with Crippen molar-refractivity contribution in [1.82, 2.24) is 15.1 Å². The highest BCUT2D eigenvalue weighted by molar-refractivity contribution is 5.33. The third kappa shape index (κ3) is 3.61. The number of para-hydroxylation sites is 1. The van der Waals surface area contributed by atoms with Crippen LogP contribution in [0.15, 0.2) is 36.7 Å². The summed E-state index contributed by atoms with van der Waals surface area (Å²) in [7, 11) is 0. The zero-order chi connectivity index (χ0) is 13.8. The van der Waals surface area contributed by atoms with E-state index in [0.717, 1.165) is 24.9 Å². The lowest BCUT2D eigenvalue weighted by Gasteiger charge is -2.12. The maximum Gasteiger partial charge on any atom is 0.123 e. The molecule has 1 aromatic carbocycles. The highest BCUT2D eigenvalue weighted by Gasteiger charge is 2.20. The number of aromatic nitrogens is 2. The average Bonchev–Trinajstić information content (AvgIpc) is 3.20. The quantitative estimate of drug-likeness (QED) is 0.841. The van der Waals surface area contributed by atoms with Gasteiger partial charge >= 0.3 is 0 Å². The van der Waals surface area contributed by atoms with E-state index in [1.165, 1.54) is 24.0 Å². The summed E-state index contributed by atoms with van der Waals surface area (Å²) in [6.45, 7) is 4.35. The van der Waals surface area contributed by atoms with E-state index in [4.69, 9.17) is 4.74 Å². The van der Waals surface area contributed by atoms with Crippen LogP contribution in [-0.4, -0.2) is 22.4 Å². The summed E-state index contributed by atoms with van der Waals surface area (Å²) in [5.74, 6) is 0.976. The Morgan fingerprint density at radius 3 is 2.95 bits per heavy atom. The predicted molar refractivity (Wildman–Crippen MR) is 78.8 cm³/mol. The Hall–Kier alpha value is -1.81. The molecule has 1 aliphatic carbocycles. The van der Waals surface area contributed by atoms with Gasteiger partial charge < -0.3 is 10.1 Å². The molecule has 0 atom stereocenters. The molecule has 0 spiro atoms. The van der Waals surface area contributed by atoms with E-state index in [1.54, 1.807) is 0 Å². The van der Waals surface area contributed by atoms with Crippen LogP contribution in [0.1, 0.15) is 24.0 Å². The Labute approximate surface area is 119 Å². The normalized spacial score (nSPS) is 14.4. The van der Waals surface area contributed by atoms with Crippen LogP contribution in [0.3, 0.4) is 0 Å². The Bertz CT molecular complexity index is 560. The molecule has 1 heterocycles. The molecule has 20 heavy (non-hydrogen) atoms. The van der Waals surface area contributed by atoms with E-state index in [9.17, 15) is 0 Å². The molecule has 106 valence electrons. The minimum Gasteiger partial charge on any atom is -0.491 e. The maximum atomic E-state index is 5.90. The molecule has 3 rings (SSSR count). The van der Waals surface area contributed by atoms with Crippen molar-refractivity contribution in [3.05, 3.63) is 47.8 Å². The average molecular weight is 271 g/mol. The number of benzene rings is 1. The van der Waals surface area contributed by atoms with Crippen molar-refractivity contribution < 1.29 is 4.74 Å². The third-order valence-electron chi connectivity index (χ3n) is 3.47. The van der Waals surface area contributed by atoms with E-state index in [2.05, 4.69) is 22.5 Å². The van der Waals surface area contributed by atoms with E-state index in [1.807, 2.05) is 36.1 Å². The van der Waals surface area contributed by atoms with Crippen LogP contribution in [0, 0.1) is 6.92 Å². The molecule has 0 radical (unpaired) electrons. The first-order chi connectivity index (χ1) is 9.81. The van der Waals surface area contributed by atoms with Gasteiger partial charge in [0.1, 0.15) is 12.4 Å². The third-order valence-corrected chi connectivity index (χ3v) is 3.47. The van der Waals surface area contributed by atoms with E-state index < -0.39 is 0 Å². The first-order valence-electron chi connectivity index (χ1n) is 7.24. The maximum absolute atomic E-state index is 5.90. The zero-order valence-electron chi connectivity index (χ0n) is 11.9. The summed E-state index contributed by atoms with van der Waals surface area (Å²) >= 11 is 0. The number of rotatable bonds is 7. The number of hydrogen-bond acceptors (Lipinski definition) is 3. The molecule has 1 fully saturated rings. The standard InChI is InChI=1S/C16H21N3O/c1-13-10-18-19(12-13)8-9-20-16-5-3-2-4-14(16)11-17-15-6-7-15/h2-5,10,12,15,17H,6-9,11H2,1H3. The number of aryl methyl sites for hydroxylation is 1. The molecule has 1 aliphatic rings. The van der Waals surface area contributed by atoms with Crippen LogP contribution in [0.2, 0.25) is 0 Å². The largest absolute Gasteiger partial charge is 0.491 e. The van der Waals surface area contributed by atoms with Crippen molar-refractivity contribution >= 4 is 0 Å². The molecule has 4 heteroatoms. The van der Waals surface area contributed by atoms with Crippen molar-refractivity contribution in [2.45, 2.75) is 38.9 Å². The zero-order valence-corrected chi connectivity index (χ0v) is 11.9. The van der Waals surface area contributed by atoms with Crippen molar-refractivity contribution in [1.29, 1.82) is 0 Å². The summed E-state index contributed by atoms with van der Waals surface area (Å²) in [5.41, 5.74) is 2.41. The van der Waals surface area contributed by atoms with Crippen LogP contribution < -0.4 is 10.1 Å². The van der Waals surface area contributed by atoms with Gasteiger partial charge in [-0.15, -0.1) is 0 Å². The molecule has 0 amide bonds. The molecule has 1 aromatic heterocycles. The summed E-state index contributed by atoms with van der Waals surface area (Å²) in [6, 6.07) is 8.97. The summed E-state index contributed by atoms with van der Waals surface area (Å²) in [5, 5.41) is 7.79. The van der Waals surface area contributed by atoms with E-state index in [-0.39, 0.29) is 0 Å². The Kier molecular flexibility index (Phi) is 4.02. The SMILES string of the molecule is Cc1cnn(CCOc2ccccc2CNC2CC2)c1. The number of ether oxygens (including phenoxy) is 1. The lowest BCUT2D eigenvalue weighted by molar-refractivity contribution is 0.288. The van der Waals surface area contributed by atoms with Gasteiger partial charge in [0.2, 0.25) is 0 Å². The van der Waals surface area contributed by atoms with Gasteiger partial charge in [0.05, 0.1) is 12.7 Å². The second-order valence-corrected chi connectivity index (χ2v) is 5.39. The number of hydrogen-bond donors (Lipinski definition) is 1. The van der Waals surface area contributed by atoms with Crippen LogP contribution in [0.5, 0.6) is 5.75 Å². The molecule has 0 unspecified atom stereocenters. The van der Waals surface area contributed by atoms with Gasteiger partial charge in [-0.05, 0) is 31.4 Å². The molecular formula is C16H21N3O. The van der Waals surface area contributed by atoms with Gasteiger partial charge in [-0.25, -0.2) is 0 Å². The molecule has 0 saturated heterocycles. The molecule has 0 bridgehead atoms. The molecule has 1 N–H and O–H groups in total. The lowest BCUT2D eigenvalue weighted by atomic mass is 10.2. The molecule has 2 aromatic rings. The van der Waals surface area contributed by atoms with Gasteiger partial charge in [-0.2, -0.15) is 5.10 Å². The van der Waals surface area contributed by atoms with E-state index in [0.29, 0.717) is 6.61 Å². The van der Waals surface area contributed by atoms with Crippen LogP contribution in [-0.2, 0) is 13.1 Å². The fourth-order valence-corrected chi connectivity index (χ4v) is 2.17. The highest BCUT2D eigenvalue weighted by atomic mass is 16.5. The fraction of sp³-hybridized carbons (Fsp3) is 0.438. The first-order valence-corrected chi connectivity index (χ1v) is 7.24. The van der Waals surface area contributed by atoms with Crippen LogP contribution >= 0.6 is 0 Å². The highest BCUT2D eigenvalue weighted by Crippen LogP contribution is 2.22. The van der Waals surface area contributed by atoms with Gasteiger partial charge in [0.15, 0.2) is 0 Å². The Morgan fingerprint density at radius 2 is 2.20 bits per heavy atom. The van der Waals surface area contributed by atoms with Gasteiger partial charge in [-0.3, -0.25) is 4.68 Å². The summed E-state index contributed by atoms with van der Waals surface area (Å²) in [6.07, 6.45) is 6.51. The number of nitrogens with zero attached hydrogens (tertiary/aromatic N) is 2. The summed E-state index contributed by atoms with van der Waals surface area (Å²) in [4.78, 5) is 0. The van der Waals surface area contributed by atoms with Gasteiger partial charge in [-0.1, -0.05) is 18.2 Å². The van der Waals surface area contributed by atoms with Gasteiger partial charge in [0, 0.05) is 24.3 Å². The molecule has 0 aliphatic heterocycles. The van der Waals surface area contributed by atoms with Crippen molar-refractivity contribution in [3.63, 3.8) is 0 Å². The minimum atomic E-state index is 0.640. The fourth-order valence-electron chi connectivity index (χ4n) is 2.17. The van der Waals surface area contributed by atoms with Crippen molar-refractivity contribution in [2.75, 3.05) is 6.61 Å². The monoisotopic (exact) mass is 271 g/mol. The van der Waals surface area contributed by atoms with Crippen LogP contribution in [0.4, 0.5) is 0 Å². The van der Waals surface area contributed by atoms with E-state index >= 15 is 0 Å². The topological polar surface area (TPSA) is 39.1 Å². The van der Waals surface area contributed by atoms with Crippen molar-refractivity contribution in [3.8, 4) is 5.75 Å². The lowest BCUT2D eigenvalue weighted by Crippen LogP contribution is -2.16. The summed E-state index contributed by atoms with van der Waals surface area (Å²) < 4.78 is 7.82. The smallest absolute Gasteiger partial charge is 0.123 e. The Balaban J connectivity index is 1.53. The predicted octanol–water partition coefficient (Wildman–Crippen LogP) is 2.52. The Morgan fingerprint density at radius 1 is 1.35 bits per heavy atom. The van der Waals surface area contributed by atoms with Gasteiger partial charge in [0.25, 0.3) is 0 Å².